The third kappa shape index (κ3) is 4.30. The van der Waals surface area contributed by atoms with Crippen LogP contribution in [0.5, 0.6) is 0 Å². The van der Waals surface area contributed by atoms with E-state index in [1.165, 1.54) is 0 Å². The second-order valence-electron chi connectivity index (χ2n) is 6.43. The van der Waals surface area contributed by atoms with Crippen LogP contribution in [0.4, 0.5) is 0 Å². The molecule has 136 valence electrons. The number of nitrogens with zero attached hydrogens (tertiary/aromatic N) is 2. The quantitative estimate of drug-likeness (QED) is 0.556. The number of carbonyl (C=O) groups is 1. The Kier molecular flexibility index (Phi) is 5.20. The van der Waals surface area contributed by atoms with Gasteiger partial charge in [0.2, 0.25) is 0 Å². The highest BCUT2D eigenvalue weighted by Crippen LogP contribution is 2.14. The van der Waals surface area contributed by atoms with E-state index < -0.39 is 0 Å². The Bertz CT molecular complexity index is 1120. The first-order valence-corrected chi connectivity index (χ1v) is 9.09. The average Bonchev–Trinajstić information content (AvgIpc) is 2.77. The first-order chi connectivity index (χ1) is 13.8. The summed E-state index contributed by atoms with van der Waals surface area (Å²) in [6.07, 6.45) is 7.43. The molecule has 2 aromatic heterocycles. The van der Waals surface area contributed by atoms with E-state index in [2.05, 4.69) is 21.4 Å². The van der Waals surface area contributed by atoms with Gasteiger partial charge < -0.3 is 5.32 Å². The molecule has 0 unspecified atom stereocenters. The second-order valence-corrected chi connectivity index (χ2v) is 6.43. The molecule has 4 rings (SSSR count). The molecule has 0 aliphatic heterocycles. The molecule has 4 heteroatoms. The molecule has 28 heavy (non-hydrogen) atoms. The van der Waals surface area contributed by atoms with Crippen molar-refractivity contribution in [1.82, 2.24) is 15.3 Å². The first-order valence-electron chi connectivity index (χ1n) is 9.09. The van der Waals surface area contributed by atoms with Gasteiger partial charge in [-0.2, -0.15) is 0 Å². The van der Waals surface area contributed by atoms with E-state index in [1.54, 1.807) is 12.4 Å². The van der Waals surface area contributed by atoms with Gasteiger partial charge in [0.05, 0.1) is 11.2 Å². The van der Waals surface area contributed by atoms with Crippen LogP contribution in [0.2, 0.25) is 0 Å². The lowest BCUT2D eigenvalue weighted by Gasteiger charge is -2.05. The fraction of sp³-hybridized carbons (Fsp3) is 0.0417. The number of hydrogen-bond donors (Lipinski definition) is 1. The maximum absolute atomic E-state index is 12.3. The number of nitrogens with one attached hydrogen (secondary N) is 1. The first kappa shape index (κ1) is 17.6. The Balaban J connectivity index is 1.40. The van der Waals surface area contributed by atoms with Crippen molar-refractivity contribution in [1.29, 1.82) is 0 Å². The average molecular weight is 365 g/mol. The molecule has 2 aromatic carbocycles. The van der Waals surface area contributed by atoms with E-state index in [-0.39, 0.29) is 5.91 Å². The van der Waals surface area contributed by atoms with Gasteiger partial charge in [0, 0.05) is 29.9 Å². The van der Waals surface area contributed by atoms with E-state index in [0.717, 1.165) is 27.7 Å². The Morgan fingerprint density at radius 3 is 2.57 bits per heavy atom. The molecule has 0 fully saturated rings. The largest absolute Gasteiger partial charge is 0.348 e. The normalized spacial score (nSPS) is 11.0. The van der Waals surface area contributed by atoms with Gasteiger partial charge in [0.25, 0.3) is 5.91 Å². The molecule has 0 aliphatic rings. The zero-order chi connectivity index (χ0) is 19.2. The van der Waals surface area contributed by atoms with Crippen LogP contribution < -0.4 is 5.32 Å². The summed E-state index contributed by atoms with van der Waals surface area (Å²) >= 11 is 0. The third-order valence-electron chi connectivity index (χ3n) is 4.42. The van der Waals surface area contributed by atoms with Crippen LogP contribution in [0.1, 0.15) is 27.2 Å². The van der Waals surface area contributed by atoms with E-state index in [0.29, 0.717) is 12.1 Å². The lowest BCUT2D eigenvalue weighted by atomic mass is 10.1. The number of carbonyl (C=O) groups excluding carboxylic acids is 1. The van der Waals surface area contributed by atoms with Crippen LogP contribution in [0.3, 0.4) is 0 Å². The predicted molar refractivity (Wildman–Crippen MR) is 113 cm³/mol. The maximum Gasteiger partial charge on any atom is 0.251 e. The molecule has 0 saturated carbocycles. The van der Waals surface area contributed by atoms with Gasteiger partial charge in [-0.1, -0.05) is 48.5 Å². The third-order valence-corrected chi connectivity index (χ3v) is 4.42. The molecule has 4 aromatic rings. The molecule has 0 spiro atoms. The molecule has 1 N–H and O–H groups in total. The fourth-order valence-electron chi connectivity index (χ4n) is 2.89. The van der Waals surface area contributed by atoms with Crippen molar-refractivity contribution < 1.29 is 4.79 Å². The van der Waals surface area contributed by atoms with Crippen molar-refractivity contribution in [3.05, 3.63) is 108 Å². The van der Waals surface area contributed by atoms with Crippen LogP contribution in [0.15, 0.2) is 85.2 Å². The molecule has 2 heterocycles. The maximum atomic E-state index is 12.3. The molecule has 0 atom stereocenters. The standard InChI is InChI=1S/C24H19N3O/c28-24(26-17-19-4-3-15-25-16-19)21-10-7-18(8-11-21)9-13-22-14-12-20-5-1-2-6-23(20)27-22/h1-16H,17H2,(H,26,28)/b13-9+. The van der Waals surface area contributed by atoms with Crippen LogP contribution >= 0.6 is 0 Å². The number of rotatable bonds is 5. The number of aromatic nitrogens is 2. The SMILES string of the molecule is O=C(NCc1cccnc1)c1ccc(/C=C/c2ccc3ccccc3n2)cc1. The number of pyridine rings is 2. The van der Waals surface area contributed by atoms with Gasteiger partial charge >= 0.3 is 0 Å². The molecular formula is C24H19N3O. The van der Waals surface area contributed by atoms with Gasteiger partial charge in [0.1, 0.15) is 0 Å². The van der Waals surface area contributed by atoms with Gasteiger partial charge in [-0.15, -0.1) is 0 Å². The minimum Gasteiger partial charge on any atom is -0.348 e. The summed E-state index contributed by atoms with van der Waals surface area (Å²) < 4.78 is 0. The van der Waals surface area contributed by atoms with E-state index in [1.807, 2.05) is 78.9 Å². The topological polar surface area (TPSA) is 54.9 Å². The minimum absolute atomic E-state index is 0.101. The lowest BCUT2D eigenvalue weighted by Crippen LogP contribution is -2.22. The Hall–Kier alpha value is -3.79. The van der Waals surface area contributed by atoms with Crippen molar-refractivity contribution >= 4 is 29.0 Å². The van der Waals surface area contributed by atoms with Gasteiger partial charge in [-0.05, 0) is 47.5 Å². The molecule has 4 nitrogen and oxygen atoms in total. The summed E-state index contributed by atoms with van der Waals surface area (Å²) in [5.74, 6) is -0.101. The summed E-state index contributed by atoms with van der Waals surface area (Å²) in [4.78, 5) is 21.0. The Morgan fingerprint density at radius 2 is 1.75 bits per heavy atom. The minimum atomic E-state index is -0.101. The van der Waals surface area contributed by atoms with Gasteiger partial charge in [-0.25, -0.2) is 4.98 Å². The zero-order valence-corrected chi connectivity index (χ0v) is 15.2. The van der Waals surface area contributed by atoms with Crippen molar-refractivity contribution in [3.63, 3.8) is 0 Å². The monoisotopic (exact) mass is 365 g/mol. The molecule has 0 aliphatic carbocycles. The molecule has 0 bridgehead atoms. The molecular weight excluding hydrogens is 346 g/mol. The van der Waals surface area contributed by atoms with E-state index in [9.17, 15) is 4.79 Å². The second kappa shape index (κ2) is 8.27. The number of hydrogen-bond acceptors (Lipinski definition) is 3. The number of para-hydroxylation sites is 1. The lowest BCUT2D eigenvalue weighted by molar-refractivity contribution is 0.0951. The smallest absolute Gasteiger partial charge is 0.251 e. The van der Waals surface area contributed by atoms with Crippen LogP contribution in [-0.2, 0) is 6.54 Å². The highest BCUT2D eigenvalue weighted by atomic mass is 16.1. The highest BCUT2D eigenvalue weighted by molar-refractivity contribution is 5.94. The Morgan fingerprint density at radius 1 is 0.893 bits per heavy atom. The fourth-order valence-corrected chi connectivity index (χ4v) is 2.89. The van der Waals surface area contributed by atoms with Crippen molar-refractivity contribution in [2.75, 3.05) is 0 Å². The van der Waals surface area contributed by atoms with Crippen molar-refractivity contribution in [2.45, 2.75) is 6.54 Å². The number of benzene rings is 2. The van der Waals surface area contributed by atoms with Crippen molar-refractivity contribution in [2.24, 2.45) is 0 Å². The summed E-state index contributed by atoms with van der Waals surface area (Å²) in [6, 6.07) is 23.4. The van der Waals surface area contributed by atoms with Crippen LogP contribution in [0.25, 0.3) is 23.1 Å². The van der Waals surface area contributed by atoms with Crippen molar-refractivity contribution in [3.8, 4) is 0 Å². The number of amides is 1. The van der Waals surface area contributed by atoms with Crippen LogP contribution in [0, 0.1) is 0 Å². The summed E-state index contributed by atoms with van der Waals surface area (Å²) in [5.41, 5.74) is 4.49. The zero-order valence-electron chi connectivity index (χ0n) is 15.2. The van der Waals surface area contributed by atoms with E-state index >= 15 is 0 Å². The van der Waals surface area contributed by atoms with Crippen LogP contribution in [-0.4, -0.2) is 15.9 Å². The molecule has 0 radical (unpaired) electrons. The summed E-state index contributed by atoms with van der Waals surface area (Å²) in [6.45, 7) is 0.460. The Labute approximate surface area is 163 Å². The summed E-state index contributed by atoms with van der Waals surface area (Å²) in [5, 5.41) is 4.03. The van der Waals surface area contributed by atoms with E-state index in [4.69, 9.17) is 0 Å². The molecule has 0 saturated heterocycles. The molecule has 1 amide bonds. The predicted octanol–water partition coefficient (Wildman–Crippen LogP) is 4.73. The van der Waals surface area contributed by atoms with Gasteiger partial charge in [-0.3, -0.25) is 9.78 Å². The summed E-state index contributed by atoms with van der Waals surface area (Å²) in [7, 11) is 0. The number of fused-ring (bicyclic) bond motifs is 1. The highest BCUT2D eigenvalue weighted by Gasteiger charge is 2.04. The van der Waals surface area contributed by atoms with Gasteiger partial charge in [0.15, 0.2) is 0 Å².